The third-order valence-electron chi connectivity index (χ3n) is 4.39. The number of rotatable bonds is 3. The first-order valence-electron chi connectivity index (χ1n) is 8.72. The van der Waals surface area contributed by atoms with Crippen molar-refractivity contribution in [3.05, 3.63) is 58.6 Å². The van der Waals surface area contributed by atoms with Crippen LogP contribution in [0.5, 0.6) is 0 Å². The van der Waals surface area contributed by atoms with E-state index in [1.165, 1.54) is 16.7 Å². The molecule has 2 aromatic carbocycles. The molecule has 2 heterocycles. The van der Waals surface area contributed by atoms with Gasteiger partial charge in [-0.15, -0.1) is 0 Å². The van der Waals surface area contributed by atoms with Crippen molar-refractivity contribution in [1.29, 1.82) is 0 Å². The third-order valence-corrected chi connectivity index (χ3v) is 5.64. The Labute approximate surface area is 171 Å². The van der Waals surface area contributed by atoms with Gasteiger partial charge in [0.2, 0.25) is 5.91 Å². The number of amides is 2. The summed E-state index contributed by atoms with van der Waals surface area (Å²) in [6, 6.07) is 12.5. The molecule has 2 amide bonds. The van der Waals surface area contributed by atoms with Gasteiger partial charge in [-0.1, -0.05) is 41.6 Å². The van der Waals surface area contributed by atoms with E-state index in [-0.39, 0.29) is 17.6 Å². The Morgan fingerprint density at radius 2 is 2.07 bits per heavy atom. The van der Waals surface area contributed by atoms with E-state index in [4.69, 9.17) is 11.6 Å². The number of carbonyl (C=O) groups excluding carboxylic acids is 2. The second-order valence-corrected chi connectivity index (χ2v) is 7.88. The molecular weight excluding hydrogens is 396 g/mol. The SMILES string of the molecule is Cc1ccc(NC(=O)CSC2=Nc3ccccc3C3=N[C@H](C)C(=O)N23)c(Cl)c1. The van der Waals surface area contributed by atoms with Crippen LogP contribution in [0.25, 0.3) is 0 Å². The number of nitrogens with one attached hydrogen (secondary N) is 1. The zero-order chi connectivity index (χ0) is 19.8. The van der Waals surface area contributed by atoms with E-state index in [9.17, 15) is 9.59 Å². The highest BCUT2D eigenvalue weighted by molar-refractivity contribution is 8.14. The van der Waals surface area contributed by atoms with Crippen LogP contribution in [0.1, 0.15) is 18.1 Å². The molecule has 4 rings (SSSR count). The molecule has 0 saturated carbocycles. The Bertz CT molecular complexity index is 1050. The lowest BCUT2D eigenvalue weighted by molar-refractivity contribution is -0.124. The highest BCUT2D eigenvalue weighted by Crippen LogP contribution is 2.33. The minimum atomic E-state index is -0.466. The molecule has 0 saturated heterocycles. The first kappa shape index (κ1) is 18.7. The Morgan fingerprint density at radius 3 is 2.86 bits per heavy atom. The topological polar surface area (TPSA) is 74.1 Å². The number of thioether (sulfide) groups is 1. The zero-order valence-corrected chi connectivity index (χ0v) is 16.8. The number of hydrogen-bond donors (Lipinski definition) is 1. The van der Waals surface area contributed by atoms with E-state index in [1.807, 2.05) is 37.3 Å². The number of halogens is 1. The first-order chi connectivity index (χ1) is 13.4. The summed E-state index contributed by atoms with van der Waals surface area (Å²) in [6.45, 7) is 3.68. The maximum Gasteiger partial charge on any atom is 0.258 e. The fourth-order valence-electron chi connectivity index (χ4n) is 3.01. The Hall–Kier alpha value is -2.64. The van der Waals surface area contributed by atoms with Crippen LogP contribution < -0.4 is 5.32 Å². The predicted molar refractivity (Wildman–Crippen MR) is 114 cm³/mol. The van der Waals surface area contributed by atoms with Gasteiger partial charge in [-0.2, -0.15) is 0 Å². The van der Waals surface area contributed by atoms with Crippen LogP contribution >= 0.6 is 23.4 Å². The summed E-state index contributed by atoms with van der Waals surface area (Å²) in [5, 5.41) is 3.74. The zero-order valence-electron chi connectivity index (χ0n) is 15.3. The van der Waals surface area contributed by atoms with Crippen molar-refractivity contribution in [2.24, 2.45) is 9.98 Å². The number of amidine groups is 2. The molecule has 1 atom stereocenters. The minimum absolute atomic E-state index is 0.0939. The average molecular weight is 413 g/mol. The number of aryl methyl sites for hydroxylation is 1. The molecule has 0 unspecified atom stereocenters. The number of carbonyl (C=O) groups is 2. The maximum atomic E-state index is 12.6. The van der Waals surface area contributed by atoms with Crippen LogP contribution in [0.15, 0.2) is 52.4 Å². The van der Waals surface area contributed by atoms with Crippen molar-refractivity contribution >= 4 is 57.6 Å². The van der Waals surface area contributed by atoms with Crippen LogP contribution in [-0.4, -0.2) is 39.5 Å². The van der Waals surface area contributed by atoms with Gasteiger partial charge in [0.25, 0.3) is 5.91 Å². The fraction of sp³-hybridized carbons (Fsp3) is 0.200. The third kappa shape index (κ3) is 3.43. The first-order valence-corrected chi connectivity index (χ1v) is 10.1. The number of para-hydroxylation sites is 1. The lowest BCUT2D eigenvalue weighted by atomic mass is 10.1. The monoisotopic (exact) mass is 412 g/mol. The standard InChI is InChI=1S/C20H17ClN4O2S/c1-11-7-8-16(14(21)9-11)23-17(26)10-28-20-24-15-6-4-3-5-13(15)18-22-12(2)19(27)25(18)20/h3-9,12H,10H2,1-2H3,(H,23,26)/t12-/m1/s1. The number of aliphatic imine (C=N–C) groups is 2. The van der Waals surface area contributed by atoms with Crippen LogP contribution in [0.3, 0.4) is 0 Å². The van der Waals surface area contributed by atoms with E-state index in [0.29, 0.717) is 21.7 Å². The van der Waals surface area contributed by atoms with Crippen molar-refractivity contribution in [2.75, 3.05) is 11.1 Å². The lowest BCUT2D eigenvalue weighted by Gasteiger charge is -2.25. The van der Waals surface area contributed by atoms with Crippen molar-refractivity contribution in [3.63, 3.8) is 0 Å². The van der Waals surface area contributed by atoms with E-state index in [1.54, 1.807) is 19.1 Å². The van der Waals surface area contributed by atoms with Crippen LogP contribution in [0, 0.1) is 6.92 Å². The van der Waals surface area contributed by atoms with Gasteiger partial charge in [-0.3, -0.25) is 14.6 Å². The van der Waals surface area contributed by atoms with Gasteiger partial charge in [0.15, 0.2) is 5.17 Å². The van der Waals surface area contributed by atoms with Gasteiger partial charge in [-0.05, 0) is 43.7 Å². The Balaban J connectivity index is 1.53. The van der Waals surface area contributed by atoms with Gasteiger partial charge in [0, 0.05) is 5.56 Å². The number of hydrogen-bond acceptors (Lipinski definition) is 5. The van der Waals surface area contributed by atoms with Gasteiger partial charge in [0.05, 0.1) is 22.2 Å². The number of nitrogens with zero attached hydrogens (tertiary/aromatic N) is 3. The molecule has 0 aliphatic carbocycles. The molecule has 0 fully saturated rings. The molecule has 0 radical (unpaired) electrons. The summed E-state index contributed by atoms with van der Waals surface area (Å²) in [4.78, 5) is 35.5. The molecule has 8 heteroatoms. The molecule has 0 bridgehead atoms. The average Bonchev–Trinajstić information content (AvgIpc) is 2.97. The van der Waals surface area contributed by atoms with E-state index < -0.39 is 6.04 Å². The molecule has 2 aliphatic rings. The molecule has 6 nitrogen and oxygen atoms in total. The van der Waals surface area contributed by atoms with Crippen LogP contribution in [0.2, 0.25) is 5.02 Å². The van der Waals surface area contributed by atoms with E-state index in [0.717, 1.165) is 16.8 Å². The summed E-state index contributed by atoms with van der Waals surface area (Å²) < 4.78 is 0. The number of fused-ring (bicyclic) bond motifs is 3. The second kappa shape index (κ2) is 7.41. The van der Waals surface area contributed by atoms with Gasteiger partial charge >= 0.3 is 0 Å². The molecule has 1 N–H and O–H groups in total. The summed E-state index contributed by atoms with van der Waals surface area (Å²) in [7, 11) is 0. The molecule has 2 aromatic rings. The van der Waals surface area contributed by atoms with Crippen LogP contribution in [0.4, 0.5) is 11.4 Å². The Morgan fingerprint density at radius 1 is 1.29 bits per heavy atom. The molecular formula is C20H17ClN4O2S. The molecule has 142 valence electrons. The van der Waals surface area contributed by atoms with E-state index in [2.05, 4.69) is 15.3 Å². The van der Waals surface area contributed by atoms with Crippen molar-refractivity contribution in [1.82, 2.24) is 4.90 Å². The summed E-state index contributed by atoms with van der Waals surface area (Å²) >= 11 is 7.37. The number of benzene rings is 2. The normalized spacial score (nSPS) is 17.6. The summed E-state index contributed by atoms with van der Waals surface area (Å²) in [5.41, 5.74) is 3.13. The molecule has 0 spiro atoms. The van der Waals surface area contributed by atoms with Gasteiger partial charge < -0.3 is 5.32 Å². The highest BCUT2D eigenvalue weighted by Gasteiger charge is 2.39. The predicted octanol–water partition coefficient (Wildman–Crippen LogP) is 4.00. The van der Waals surface area contributed by atoms with Crippen molar-refractivity contribution < 1.29 is 9.59 Å². The quantitative estimate of drug-likeness (QED) is 0.827. The molecule has 2 aliphatic heterocycles. The molecule has 28 heavy (non-hydrogen) atoms. The van der Waals surface area contributed by atoms with E-state index >= 15 is 0 Å². The minimum Gasteiger partial charge on any atom is -0.324 e. The van der Waals surface area contributed by atoms with Gasteiger partial charge in [0.1, 0.15) is 11.9 Å². The van der Waals surface area contributed by atoms with Crippen LogP contribution in [-0.2, 0) is 9.59 Å². The smallest absolute Gasteiger partial charge is 0.258 e. The molecule has 0 aromatic heterocycles. The summed E-state index contributed by atoms with van der Waals surface area (Å²) in [6.07, 6.45) is 0. The Kier molecular flexibility index (Phi) is 4.95. The fourth-order valence-corrected chi connectivity index (χ4v) is 4.09. The maximum absolute atomic E-state index is 12.6. The van der Waals surface area contributed by atoms with Crippen molar-refractivity contribution in [2.45, 2.75) is 19.9 Å². The second-order valence-electron chi connectivity index (χ2n) is 6.53. The largest absolute Gasteiger partial charge is 0.324 e. The summed E-state index contributed by atoms with van der Waals surface area (Å²) in [5.74, 6) is 0.317. The lowest BCUT2D eigenvalue weighted by Crippen LogP contribution is -2.41. The highest BCUT2D eigenvalue weighted by atomic mass is 35.5. The van der Waals surface area contributed by atoms with Crippen molar-refractivity contribution in [3.8, 4) is 0 Å². The number of anilines is 1. The van der Waals surface area contributed by atoms with Gasteiger partial charge in [-0.25, -0.2) is 9.89 Å².